The second-order valence-corrected chi connectivity index (χ2v) is 12.9. The molecule has 12 heteroatoms. The van der Waals surface area contributed by atoms with E-state index in [0.717, 1.165) is 15.9 Å². The van der Waals surface area contributed by atoms with Crippen LogP contribution < -0.4 is 14.4 Å². The molecule has 1 N–H and O–H groups in total. The Labute approximate surface area is 275 Å². The van der Waals surface area contributed by atoms with Gasteiger partial charge in [-0.25, -0.2) is 8.42 Å². The first kappa shape index (κ1) is 34.6. The number of hydrogen-bond donors (Lipinski definition) is 1. The number of methoxy groups -OCH3 is 1. The molecule has 0 spiro atoms. The van der Waals surface area contributed by atoms with Gasteiger partial charge in [-0.2, -0.15) is 0 Å². The van der Waals surface area contributed by atoms with Gasteiger partial charge in [0.05, 0.1) is 22.6 Å². The Morgan fingerprint density at radius 2 is 1.53 bits per heavy atom. The number of hydrogen-bond acceptors (Lipinski definition) is 7. The third kappa shape index (κ3) is 8.95. The molecule has 0 saturated carbocycles. The molecule has 246 valence electrons. The van der Waals surface area contributed by atoms with E-state index >= 15 is 0 Å². The van der Waals surface area contributed by atoms with E-state index in [1.165, 1.54) is 42.3 Å². The summed E-state index contributed by atoms with van der Waals surface area (Å²) < 4.78 is 34.4. The summed E-state index contributed by atoms with van der Waals surface area (Å²) in [6.07, 6.45) is 0.810. The smallest absolute Gasteiger partial charge is 0.271 e. The van der Waals surface area contributed by atoms with Crippen LogP contribution in [0.15, 0.2) is 114 Å². The zero-order valence-corrected chi connectivity index (χ0v) is 27.3. The van der Waals surface area contributed by atoms with Gasteiger partial charge in [0.15, 0.2) is 0 Å². The maximum atomic E-state index is 14.5. The fourth-order valence-corrected chi connectivity index (χ4v) is 6.40. The molecule has 0 bridgehead atoms. The lowest BCUT2D eigenvalue weighted by atomic mass is 10.0. The van der Waals surface area contributed by atoms with Gasteiger partial charge in [0.2, 0.25) is 11.8 Å². The second-order valence-electron chi connectivity index (χ2n) is 11.0. The third-order valence-corrected chi connectivity index (χ3v) is 9.49. The van der Waals surface area contributed by atoms with Crippen molar-refractivity contribution in [2.24, 2.45) is 0 Å². The summed E-state index contributed by atoms with van der Waals surface area (Å²) >= 11 is 0. The van der Waals surface area contributed by atoms with Crippen molar-refractivity contribution in [2.45, 2.75) is 50.2 Å². The van der Waals surface area contributed by atoms with Gasteiger partial charge in [0.1, 0.15) is 18.3 Å². The number of ether oxygens (including phenoxy) is 1. The second kappa shape index (κ2) is 15.9. The maximum Gasteiger partial charge on any atom is 0.271 e. The van der Waals surface area contributed by atoms with Gasteiger partial charge in [0.25, 0.3) is 15.7 Å². The molecule has 0 radical (unpaired) electrons. The van der Waals surface area contributed by atoms with Crippen LogP contribution in [0.1, 0.15) is 31.4 Å². The van der Waals surface area contributed by atoms with Crippen LogP contribution >= 0.6 is 0 Å². The van der Waals surface area contributed by atoms with E-state index in [9.17, 15) is 28.1 Å². The van der Waals surface area contributed by atoms with E-state index < -0.39 is 39.3 Å². The maximum absolute atomic E-state index is 14.5. The van der Waals surface area contributed by atoms with Gasteiger partial charge in [-0.15, -0.1) is 0 Å². The van der Waals surface area contributed by atoms with Crippen molar-refractivity contribution in [3.05, 3.63) is 130 Å². The summed E-state index contributed by atoms with van der Waals surface area (Å²) in [6.45, 7) is 3.02. The number of sulfonamides is 1. The standard InChI is InChI=1S/C35H38N4O7S/c1-4-26(2)36-35(41)33(22-27-13-7-5-8-14-27)37(24-28-15-11-18-31(21-28)46-3)34(40)25-38(29-16-12-17-30(23-29)39(42)43)47(44,45)32-19-9-6-10-20-32/h5-21,23,26,33H,4,22,24-25H2,1-3H3,(H,36,41)/t26-,33-/m1/s1. The number of non-ortho nitro benzene ring substituents is 1. The molecular weight excluding hydrogens is 620 g/mol. The third-order valence-electron chi connectivity index (χ3n) is 7.70. The molecule has 2 amide bonds. The number of nitro groups is 1. The van der Waals surface area contributed by atoms with Crippen molar-refractivity contribution in [2.75, 3.05) is 18.0 Å². The Balaban J connectivity index is 1.84. The zero-order valence-electron chi connectivity index (χ0n) is 26.5. The Bertz CT molecular complexity index is 1790. The highest BCUT2D eigenvalue weighted by molar-refractivity contribution is 7.92. The van der Waals surface area contributed by atoms with E-state index in [-0.39, 0.29) is 35.3 Å². The number of benzene rings is 4. The van der Waals surface area contributed by atoms with Crippen LogP contribution in [0.25, 0.3) is 0 Å². The average molecular weight is 659 g/mol. The number of anilines is 1. The van der Waals surface area contributed by atoms with Crippen LogP contribution in [0, 0.1) is 10.1 Å². The number of nitrogens with zero attached hydrogens (tertiary/aromatic N) is 3. The molecule has 0 aromatic heterocycles. The first-order valence-corrected chi connectivity index (χ1v) is 16.6. The quantitative estimate of drug-likeness (QED) is 0.134. The van der Waals surface area contributed by atoms with Gasteiger partial charge in [-0.3, -0.25) is 24.0 Å². The van der Waals surface area contributed by atoms with Crippen molar-refractivity contribution in [1.82, 2.24) is 10.2 Å². The van der Waals surface area contributed by atoms with E-state index in [1.807, 2.05) is 44.2 Å². The Morgan fingerprint density at radius 1 is 0.894 bits per heavy atom. The summed E-state index contributed by atoms with van der Waals surface area (Å²) in [4.78, 5) is 40.7. The fourth-order valence-electron chi connectivity index (χ4n) is 4.97. The van der Waals surface area contributed by atoms with E-state index in [4.69, 9.17) is 4.74 Å². The summed E-state index contributed by atoms with van der Waals surface area (Å²) in [6, 6.07) is 27.7. The number of amides is 2. The Kier molecular flexibility index (Phi) is 11.7. The molecule has 2 atom stereocenters. The Hall–Kier alpha value is -5.23. The number of nitro benzene ring substituents is 1. The molecule has 0 unspecified atom stereocenters. The predicted molar refractivity (Wildman–Crippen MR) is 179 cm³/mol. The van der Waals surface area contributed by atoms with Crippen LogP contribution in [0.2, 0.25) is 0 Å². The van der Waals surface area contributed by atoms with Gasteiger partial charge < -0.3 is 15.0 Å². The van der Waals surface area contributed by atoms with Crippen LogP contribution in [0.5, 0.6) is 5.75 Å². The number of rotatable bonds is 15. The minimum absolute atomic E-state index is 0.0460. The van der Waals surface area contributed by atoms with Gasteiger partial charge >= 0.3 is 0 Å². The molecule has 0 fully saturated rings. The van der Waals surface area contributed by atoms with Crippen molar-refractivity contribution < 1.29 is 27.7 Å². The van der Waals surface area contributed by atoms with Crippen LogP contribution in [0.3, 0.4) is 0 Å². The van der Waals surface area contributed by atoms with Crippen molar-refractivity contribution >= 4 is 33.2 Å². The van der Waals surface area contributed by atoms with Crippen molar-refractivity contribution in [1.29, 1.82) is 0 Å². The molecule has 0 aliphatic rings. The molecule has 4 aromatic rings. The molecule has 47 heavy (non-hydrogen) atoms. The molecular formula is C35H38N4O7S. The first-order chi connectivity index (χ1) is 22.5. The van der Waals surface area contributed by atoms with Crippen LogP contribution in [-0.4, -0.2) is 55.8 Å². The topological polar surface area (TPSA) is 139 Å². The molecule has 0 aliphatic heterocycles. The molecule has 4 aromatic carbocycles. The number of nitrogens with one attached hydrogen (secondary N) is 1. The molecule has 11 nitrogen and oxygen atoms in total. The Morgan fingerprint density at radius 3 is 2.17 bits per heavy atom. The van der Waals surface area contributed by atoms with Crippen molar-refractivity contribution in [3.8, 4) is 5.75 Å². The SMILES string of the molecule is CC[C@@H](C)NC(=O)[C@@H](Cc1ccccc1)N(Cc1cccc(OC)c1)C(=O)CN(c1cccc([N+](=O)[O-])c1)S(=O)(=O)c1ccccc1. The summed E-state index contributed by atoms with van der Waals surface area (Å²) in [5.74, 6) is -0.533. The van der Waals surface area contributed by atoms with Crippen LogP contribution in [-0.2, 0) is 32.6 Å². The van der Waals surface area contributed by atoms with E-state index in [0.29, 0.717) is 17.7 Å². The lowest BCUT2D eigenvalue weighted by Gasteiger charge is -2.34. The minimum Gasteiger partial charge on any atom is -0.497 e. The van der Waals surface area contributed by atoms with E-state index in [1.54, 1.807) is 42.5 Å². The average Bonchev–Trinajstić information content (AvgIpc) is 3.09. The summed E-state index contributed by atoms with van der Waals surface area (Å²) in [7, 11) is -2.87. The van der Waals surface area contributed by atoms with E-state index in [2.05, 4.69) is 5.32 Å². The highest BCUT2D eigenvalue weighted by atomic mass is 32.2. The van der Waals surface area contributed by atoms with Crippen LogP contribution in [0.4, 0.5) is 11.4 Å². The van der Waals surface area contributed by atoms with Gasteiger partial charge in [-0.05, 0) is 54.8 Å². The number of carbonyl (C=O) groups is 2. The summed E-state index contributed by atoms with van der Waals surface area (Å²) in [5.41, 5.74) is 1.04. The lowest BCUT2D eigenvalue weighted by molar-refractivity contribution is -0.384. The molecule has 0 saturated heterocycles. The molecule has 4 rings (SSSR count). The van der Waals surface area contributed by atoms with Gasteiger partial charge in [0, 0.05) is 31.1 Å². The number of carbonyl (C=O) groups excluding carboxylic acids is 2. The summed E-state index contributed by atoms with van der Waals surface area (Å²) in [5, 5.41) is 14.6. The zero-order chi connectivity index (χ0) is 34.0. The monoisotopic (exact) mass is 658 g/mol. The molecule has 0 aliphatic carbocycles. The largest absolute Gasteiger partial charge is 0.497 e. The highest BCUT2D eigenvalue weighted by Gasteiger charge is 2.35. The minimum atomic E-state index is -4.39. The van der Waals surface area contributed by atoms with Crippen molar-refractivity contribution in [3.63, 3.8) is 0 Å². The predicted octanol–water partition coefficient (Wildman–Crippen LogP) is 5.35. The van der Waals surface area contributed by atoms with Gasteiger partial charge in [-0.1, -0.05) is 73.7 Å². The highest BCUT2D eigenvalue weighted by Crippen LogP contribution is 2.28. The lowest BCUT2D eigenvalue weighted by Crippen LogP contribution is -2.54. The normalized spacial score (nSPS) is 12.4. The molecule has 0 heterocycles. The first-order valence-electron chi connectivity index (χ1n) is 15.1. The fraction of sp³-hybridized carbons (Fsp3) is 0.257.